The number of nitrogens with one attached hydrogen (secondary N) is 1. The van der Waals surface area contributed by atoms with Crippen LogP contribution in [0.4, 0.5) is 11.6 Å². The summed E-state index contributed by atoms with van der Waals surface area (Å²) < 4.78 is 13.7. The third-order valence-electron chi connectivity index (χ3n) is 9.05. The van der Waals surface area contributed by atoms with E-state index in [1.807, 2.05) is 41.1 Å². The average Bonchev–Trinajstić information content (AvgIpc) is 3.05. The van der Waals surface area contributed by atoms with Crippen molar-refractivity contribution in [3.63, 3.8) is 0 Å². The SMILES string of the molecule is C=C(c1cc2cnc(Nc3ccc(OC4CCCN(C)C4)cc3)nc2n(C2CSc3ccccc3C2)c1=O)C1CCOCC1. The number of allylic oxidation sites excluding steroid dienone is 1. The summed E-state index contributed by atoms with van der Waals surface area (Å²) in [6, 6.07) is 18.3. The number of nitrogens with zero attached hydrogens (tertiary/aromatic N) is 4. The van der Waals surface area contributed by atoms with Crippen molar-refractivity contribution < 1.29 is 9.47 Å². The Bertz CT molecular complexity index is 1720. The molecule has 2 fully saturated rings. The fraction of sp³-hybridized carbons (Fsp3) is 0.400. The van der Waals surface area contributed by atoms with Crippen LogP contribution in [0.1, 0.15) is 42.9 Å². The van der Waals surface area contributed by atoms with Crippen molar-refractivity contribution >= 4 is 40.0 Å². The van der Waals surface area contributed by atoms with Gasteiger partial charge in [0, 0.05) is 53.2 Å². The molecule has 3 aliphatic rings. The molecule has 5 heterocycles. The van der Waals surface area contributed by atoms with E-state index < -0.39 is 0 Å². The first kappa shape index (κ1) is 29.1. The Morgan fingerprint density at radius 1 is 1.11 bits per heavy atom. The van der Waals surface area contributed by atoms with Gasteiger partial charge in [0.25, 0.3) is 5.56 Å². The average molecular weight is 610 g/mol. The molecule has 3 aliphatic heterocycles. The number of likely N-dealkylation sites (N-methyl/N-ethyl adjacent to an activating group) is 1. The van der Waals surface area contributed by atoms with Crippen molar-refractivity contribution in [1.29, 1.82) is 0 Å². The van der Waals surface area contributed by atoms with Crippen molar-refractivity contribution in [2.24, 2.45) is 5.92 Å². The number of rotatable bonds is 7. The monoisotopic (exact) mass is 609 g/mol. The van der Waals surface area contributed by atoms with Crippen LogP contribution < -0.4 is 15.6 Å². The number of likely N-dealkylation sites (tertiary alicyclic amines) is 1. The Hall–Kier alpha value is -3.66. The van der Waals surface area contributed by atoms with Crippen molar-refractivity contribution in [2.75, 3.05) is 44.4 Å². The van der Waals surface area contributed by atoms with E-state index in [0.717, 1.165) is 73.3 Å². The molecule has 0 radical (unpaired) electrons. The van der Waals surface area contributed by atoms with Crippen LogP contribution in [0, 0.1) is 5.92 Å². The molecular formula is C35H39N5O3S. The van der Waals surface area contributed by atoms with Crippen molar-refractivity contribution in [2.45, 2.75) is 49.1 Å². The van der Waals surface area contributed by atoms with E-state index in [4.69, 9.17) is 14.5 Å². The van der Waals surface area contributed by atoms with Crippen LogP contribution in [0.25, 0.3) is 16.6 Å². The maximum absolute atomic E-state index is 14.3. The first-order valence-electron chi connectivity index (χ1n) is 15.6. The molecule has 7 rings (SSSR count). The predicted molar refractivity (Wildman–Crippen MR) is 177 cm³/mol. The maximum atomic E-state index is 14.3. The van der Waals surface area contributed by atoms with Crippen LogP contribution >= 0.6 is 11.8 Å². The van der Waals surface area contributed by atoms with E-state index >= 15 is 0 Å². The molecule has 4 aromatic rings. The van der Waals surface area contributed by atoms with Crippen LogP contribution in [0.2, 0.25) is 0 Å². The zero-order valence-electron chi connectivity index (χ0n) is 25.2. The van der Waals surface area contributed by atoms with Gasteiger partial charge in [0.15, 0.2) is 0 Å². The molecular weight excluding hydrogens is 570 g/mol. The summed E-state index contributed by atoms with van der Waals surface area (Å²) in [5.74, 6) is 2.34. The molecule has 0 aliphatic carbocycles. The minimum absolute atomic E-state index is 0.0292. The lowest BCUT2D eigenvalue weighted by atomic mass is 9.88. The highest BCUT2D eigenvalue weighted by Gasteiger charge is 2.27. The van der Waals surface area contributed by atoms with Gasteiger partial charge in [0.05, 0.1) is 6.04 Å². The van der Waals surface area contributed by atoms with Crippen LogP contribution in [-0.2, 0) is 11.2 Å². The molecule has 9 heteroatoms. The van der Waals surface area contributed by atoms with Gasteiger partial charge in [-0.15, -0.1) is 11.8 Å². The Morgan fingerprint density at radius 3 is 2.75 bits per heavy atom. The zero-order chi connectivity index (χ0) is 30.0. The Balaban J connectivity index is 1.20. The fourth-order valence-corrected chi connectivity index (χ4v) is 7.80. The van der Waals surface area contributed by atoms with Gasteiger partial charge in [0.1, 0.15) is 17.5 Å². The van der Waals surface area contributed by atoms with E-state index in [-0.39, 0.29) is 23.6 Å². The quantitative estimate of drug-likeness (QED) is 0.260. The largest absolute Gasteiger partial charge is 0.489 e. The number of aromatic nitrogens is 3. The lowest BCUT2D eigenvalue weighted by molar-refractivity contribution is 0.0808. The van der Waals surface area contributed by atoms with Crippen molar-refractivity contribution in [1.82, 2.24) is 19.4 Å². The fourth-order valence-electron chi connectivity index (χ4n) is 6.65. The molecule has 2 atom stereocenters. The van der Waals surface area contributed by atoms with Crippen LogP contribution in [0.5, 0.6) is 5.75 Å². The molecule has 2 aromatic heterocycles. The lowest BCUT2D eigenvalue weighted by Crippen LogP contribution is -2.38. The minimum atomic E-state index is -0.0367. The summed E-state index contributed by atoms with van der Waals surface area (Å²) in [7, 11) is 2.14. The zero-order valence-corrected chi connectivity index (χ0v) is 26.0. The van der Waals surface area contributed by atoms with Crippen LogP contribution in [0.3, 0.4) is 0 Å². The van der Waals surface area contributed by atoms with E-state index in [2.05, 4.69) is 53.1 Å². The van der Waals surface area contributed by atoms with Gasteiger partial charge in [-0.25, -0.2) is 4.98 Å². The Kier molecular flexibility index (Phi) is 8.43. The smallest absolute Gasteiger partial charge is 0.260 e. The normalized spacial score (nSPS) is 21.1. The third kappa shape index (κ3) is 6.14. The van der Waals surface area contributed by atoms with E-state index in [1.165, 1.54) is 10.5 Å². The number of ether oxygens (including phenoxy) is 2. The van der Waals surface area contributed by atoms with Crippen molar-refractivity contribution in [3.05, 3.63) is 88.9 Å². The molecule has 1 N–H and O–H groups in total. The van der Waals surface area contributed by atoms with Crippen LogP contribution in [-0.4, -0.2) is 64.6 Å². The molecule has 0 saturated carbocycles. The number of hydrogen-bond donors (Lipinski definition) is 1. The number of anilines is 2. The van der Waals surface area contributed by atoms with Gasteiger partial charge in [-0.05, 0) is 99.1 Å². The molecule has 2 aromatic carbocycles. The summed E-state index contributed by atoms with van der Waals surface area (Å²) >= 11 is 1.80. The summed E-state index contributed by atoms with van der Waals surface area (Å²) in [5, 5.41) is 4.19. The first-order valence-corrected chi connectivity index (χ1v) is 16.6. The van der Waals surface area contributed by atoms with Crippen molar-refractivity contribution in [3.8, 4) is 5.75 Å². The number of pyridine rings is 1. The molecule has 8 nitrogen and oxygen atoms in total. The number of fused-ring (bicyclic) bond motifs is 2. The first-order chi connectivity index (χ1) is 21.5. The topological polar surface area (TPSA) is 81.5 Å². The molecule has 0 spiro atoms. The second-order valence-electron chi connectivity index (χ2n) is 12.2. The Labute approximate surface area is 262 Å². The van der Waals surface area contributed by atoms with Gasteiger partial charge in [-0.2, -0.15) is 4.98 Å². The molecule has 2 unspecified atom stereocenters. The van der Waals surface area contributed by atoms with Gasteiger partial charge in [-0.1, -0.05) is 24.8 Å². The molecule has 44 heavy (non-hydrogen) atoms. The Morgan fingerprint density at radius 2 is 1.93 bits per heavy atom. The van der Waals surface area contributed by atoms with E-state index in [0.29, 0.717) is 30.4 Å². The number of thioether (sulfide) groups is 1. The van der Waals surface area contributed by atoms with Gasteiger partial charge in [0.2, 0.25) is 5.95 Å². The van der Waals surface area contributed by atoms with Gasteiger partial charge in [-0.3, -0.25) is 9.36 Å². The lowest BCUT2D eigenvalue weighted by Gasteiger charge is -2.30. The second-order valence-corrected chi connectivity index (χ2v) is 13.2. The van der Waals surface area contributed by atoms with Crippen LogP contribution in [0.15, 0.2) is 77.1 Å². The number of hydrogen-bond acceptors (Lipinski definition) is 8. The number of piperidine rings is 1. The highest BCUT2D eigenvalue weighted by Crippen LogP contribution is 2.37. The van der Waals surface area contributed by atoms with E-state index in [1.54, 1.807) is 11.8 Å². The van der Waals surface area contributed by atoms with E-state index in [9.17, 15) is 4.79 Å². The standard InChI is InChI=1S/C35H39N5O3S/c1-23(24-13-16-42-17-14-24)31-19-26-20-36-35(37-27-9-11-29(12-10-27)43-30-7-5-15-39(2)21-30)38-33(26)40(34(31)41)28-18-25-6-3-4-8-32(25)44-22-28/h3-4,6,8-12,19-20,24,28,30H,1,5,7,13-18,21-22H2,2H3,(H,36,37,38). The summed E-state index contributed by atoms with van der Waals surface area (Å²) in [6.07, 6.45) is 6.80. The summed E-state index contributed by atoms with van der Waals surface area (Å²) in [4.78, 5) is 27.5. The molecule has 0 amide bonds. The summed E-state index contributed by atoms with van der Waals surface area (Å²) in [6.45, 7) is 7.89. The second kappa shape index (κ2) is 12.8. The third-order valence-corrected chi connectivity index (χ3v) is 10.3. The molecule has 2 saturated heterocycles. The molecule has 228 valence electrons. The highest BCUT2D eigenvalue weighted by molar-refractivity contribution is 7.99. The predicted octanol–water partition coefficient (Wildman–Crippen LogP) is 6.34. The summed E-state index contributed by atoms with van der Waals surface area (Å²) in [5.41, 5.74) is 4.29. The van der Waals surface area contributed by atoms with Gasteiger partial charge >= 0.3 is 0 Å². The van der Waals surface area contributed by atoms with Gasteiger partial charge < -0.3 is 19.7 Å². The maximum Gasteiger partial charge on any atom is 0.260 e. The molecule has 0 bridgehead atoms. The minimum Gasteiger partial charge on any atom is -0.489 e. The number of benzene rings is 2. The highest BCUT2D eigenvalue weighted by atomic mass is 32.2.